The molecule has 182 valence electrons. The van der Waals surface area contributed by atoms with Crippen LogP contribution in [0.4, 0.5) is 5.69 Å². The van der Waals surface area contributed by atoms with E-state index < -0.39 is 5.72 Å². The Morgan fingerprint density at radius 2 is 1.77 bits per heavy atom. The van der Waals surface area contributed by atoms with E-state index in [0.717, 1.165) is 5.39 Å². The van der Waals surface area contributed by atoms with Crippen molar-refractivity contribution in [1.29, 1.82) is 0 Å². The molecule has 0 aliphatic carbocycles. The first-order valence-corrected chi connectivity index (χ1v) is 11.3. The molecule has 0 saturated carbocycles. The van der Waals surface area contributed by atoms with Crippen molar-refractivity contribution in [1.82, 2.24) is 15.2 Å². The molecular weight excluding hydrogens is 452 g/mol. The lowest BCUT2D eigenvalue weighted by atomic mass is 9.96. The highest BCUT2D eigenvalue weighted by atomic mass is 16.5. The normalized spacial score (nSPS) is 16.3. The van der Waals surface area contributed by atoms with Crippen LogP contribution in [0.25, 0.3) is 10.9 Å². The van der Waals surface area contributed by atoms with Crippen LogP contribution in [0.5, 0.6) is 17.2 Å². The number of fused-ring (bicyclic) bond motifs is 2. The Morgan fingerprint density at radius 1 is 1.06 bits per heavy atom. The van der Waals surface area contributed by atoms with Gasteiger partial charge in [-0.25, -0.2) is 0 Å². The lowest BCUT2D eigenvalue weighted by molar-refractivity contribution is -0.114. The maximum absolute atomic E-state index is 13.3. The van der Waals surface area contributed by atoms with Gasteiger partial charge in [0.05, 0.1) is 25.3 Å². The summed E-state index contributed by atoms with van der Waals surface area (Å²) in [6, 6.07) is 10.3. The van der Waals surface area contributed by atoms with Crippen molar-refractivity contribution in [3.8, 4) is 17.2 Å². The fraction of sp³-hybridized carbons (Fsp3) is 0.320. The van der Waals surface area contributed by atoms with Crippen LogP contribution in [0.3, 0.4) is 0 Å². The number of methoxy groups -OCH3 is 2. The summed E-state index contributed by atoms with van der Waals surface area (Å²) in [5, 5.41) is 6.40. The molecule has 1 fully saturated rings. The standard InChI is InChI=1S/C25H26N4O6/c1-14(30)26-15-4-5-20-17(12-15)23(31)28-25(35-20)8-10-29(11-9-25)24(32)18-13-16-19(33-2)6-7-21(34-3)22(16)27-18/h4-7,12-13,27H,8-11H2,1-3H3,(H,26,30)(H,28,31). The third-order valence-electron chi connectivity index (χ3n) is 6.44. The van der Waals surface area contributed by atoms with E-state index in [4.69, 9.17) is 14.2 Å². The number of H-pyrrole nitrogens is 1. The molecule has 10 heteroatoms. The van der Waals surface area contributed by atoms with E-state index in [1.807, 2.05) is 0 Å². The number of anilines is 1. The number of likely N-dealkylation sites (tertiary alicyclic amines) is 1. The van der Waals surface area contributed by atoms with Gasteiger partial charge in [0.25, 0.3) is 11.8 Å². The zero-order valence-corrected chi connectivity index (χ0v) is 19.7. The molecule has 5 rings (SSSR count). The molecule has 0 bridgehead atoms. The quantitative estimate of drug-likeness (QED) is 0.530. The molecule has 1 spiro atoms. The molecule has 1 saturated heterocycles. The summed E-state index contributed by atoms with van der Waals surface area (Å²) in [5.74, 6) is 1.08. The van der Waals surface area contributed by atoms with Gasteiger partial charge in [-0.05, 0) is 36.4 Å². The number of amides is 3. The summed E-state index contributed by atoms with van der Waals surface area (Å²) in [7, 11) is 3.15. The third kappa shape index (κ3) is 4.01. The average Bonchev–Trinajstić information content (AvgIpc) is 3.29. The Labute approximate surface area is 201 Å². The Hall–Kier alpha value is -4.21. The second kappa shape index (κ2) is 8.53. The molecule has 10 nitrogen and oxygen atoms in total. The fourth-order valence-corrected chi connectivity index (χ4v) is 4.69. The number of carbonyl (C=O) groups excluding carboxylic acids is 3. The van der Waals surface area contributed by atoms with Crippen LogP contribution in [-0.4, -0.2) is 60.6 Å². The van der Waals surface area contributed by atoms with E-state index in [-0.39, 0.29) is 17.7 Å². The van der Waals surface area contributed by atoms with Gasteiger partial charge in [-0.3, -0.25) is 14.4 Å². The van der Waals surface area contributed by atoms with E-state index in [9.17, 15) is 14.4 Å². The SMILES string of the molecule is COc1ccc(OC)c2[nH]c(C(=O)N3CCC4(CC3)NC(=O)c3cc(NC(C)=O)ccc3O4)cc12. The molecule has 2 aliphatic rings. The van der Waals surface area contributed by atoms with E-state index in [1.54, 1.807) is 55.5 Å². The maximum Gasteiger partial charge on any atom is 0.270 e. The fourth-order valence-electron chi connectivity index (χ4n) is 4.69. The van der Waals surface area contributed by atoms with E-state index in [2.05, 4.69) is 15.6 Å². The first-order chi connectivity index (χ1) is 16.8. The third-order valence-corrected chi connectivity index (χ3v) is 6.44. The molecule has 0 unspecified atom stereocenters. The second-order valence-electron chi connectivity index (χ2n) is 8.68. The van der Waals surface area contributed by atoms with Gasteiger partial charge in [0, 0.05) is 43.9 Å². The Bertz CT molecular complexity index is 1300. The molecule has 0 radical (unpaired) electrons. The van der Waals surface area contributed by atoms with Crippen molar-refractivity contribution < 1.29 is 28.6 Å². The highest BCUT2D eigenvalue weighted by molar-refractivity contribution is 6.02. The predicted molar refractivity (Wildman–Crippen MR) is 128 cm³/mol. The Morgan fingerprint density at radius 3 is 2.46 bits per heavy atom. The van der Waals surface area contributed by atoms with Crippen molar-refractivity contribution in [3.63, 3.8) is 0 Å². The lowest BCUT2D eigenvalue weighted by Crippen LogP contribution is -2.61. The first-order valence-electron chi connectivity index (χ1n) is 11.3. The van der Waals surface area contributed by atoms with E-state index in [0.29, 0.717) is 65.6 Å². The molecule has 3 aromatic rings. The predicted octanol–water partition coefficient (Wildman–Crippen LogP) is 2.90. The van der Waals surface area contributed by atoms with Gasteiger partial charge in [0.15, 0.2) is 5.72 Å². The van der Waals surface area contributed by atoms with Gasteiger partial charge >= 0.3 is 0 Å². The topological polar surface area (TPSA) is 122 Å². The summed E-state index contributed by atoms with van der Waals surface area (Å²) in [6.45, 7) is 2.22. The molecule has 3 amide bonds. The van der Waals surface area contributed by atoms with Gasteiger partial charge in [-0.15, -0.1) is 0 Å². The molecular formula is C25H26N4O6. The number of nitrogens with one attached hydrogen (secondary N) is 3. The minimum Gasteiger partial charge on any atom is -0.496 e. The summed E-state index contributed by atoms with van der Waals surface area (Å²) in [4.78, 5) is 42.3. The monoisotopic (exact) mass is 478 g/mol. The molecule has 2 aromatic carbocycles. The van der Waals surface area contributed by atoms with Crippen molar-refractivity contribution in [3.05, 3.63) is 47.7 Å². The minimum absolute atomic E-state index is 0.150. The van der Waals surface area contributed by atoms with Crippen molar-refractivity contribution in [2.45, 2.75) is 25.5 Å². The summed E-state index contributed by atoms with van der Waals surface area (Å²) in [5.41, 5.74) is 1.13. The van der Waals surface area contributed by atoms with Crippen molar-refractivity contribution in [2.75, 3.05) is 32.6 Å². The molecule has 3 N–H and O–H groups in total. The van der Waals surface area contributed by atoms with Crippen LogP contribution < -0.4 is 24.8 Å². The first kappa shape index (κ1) is 22.6. The van der Waals surface area contributed by atoms with Crippen LogP contribution in [0, 0.1) is 0 Å². The number of piperidine rings is 1. The molecule has 35 heavy (non-hydrogen) atoms. The Balaban J connectivity index is 1.32. The van der Waals surface area contributed by atoms with Gasteiger partial charge in [-0.2, -0.15) is 0 Å². The van der Waals surface area contributed by atoms with Crippen LogP contribution in [0.1, 0.15) is 40.6 Å². The van der Waals surface area contributed by atoms with Gasteiger partial charge in [0.1, 0.15) is 22.9 Å². The summed E-state index contributed by atoms with van der Waals surface area (Å²) >= 11 is 0. The minimum atomic E-state index is -0.886. The molecule has 1 aromatic heterocycles. The van der Waals surface area contributed by atoms with Gasteiger partial charge < -0.3 is 34.7 Å². The number of carbonyl (C=O) groups is 3. The highest BCUT2D eigenvalue weighted by Gasteiger charge is 2.43. The van der Waals surface area contributed by atoms with E-state index in [1.165, 1.54) is 6.92 Å². The summed E-state index contributed by atoms with van der Waals surface area (Å²) < 4.78 is 17.1. The number of hydrogen-bond donors (Lipinski definition) is 3. The van der Waals surface area contributed by atoms with Crippen molar-refractivity contribution in [2.24, 2.45) is 0 Å². The zero-order chi connectivity index (χ0) is 24.7. The Kier molecular flexibility index (Phi) is 5.50. The number of nitrogens with zero attached hydrogens (tertiary/aromatic N) is 1. The number of aromatic nitrogens is 1. The second-order valence-corrected chi connectivity index (χ2v) is 8.68. The van der Waals surface area contributed by atoms with Crippen molar-refractivity contribution >= 4 is 34.3 Å². The lowest BCUT2D eigenvalue weighted by Gasteiger charge is -2.44. The molecule has 2 aliphatic heterocycles. The largest absolute Gasteiger partial charge is 0.496 e. The van der Waals surface area contributed by atoms with Crippen LogP contribution >= 0.6 is 0 Å². The smallest absolute Gasteiger partial charge is 0.270 e. The maximum atomic E-state index is 13.3. The molecule has 0 atom stereocenters. The number of rotatable bonds is 4. The summed E-state index contributed by atoms with van der Waals surface area (Å²) in [6.07, 6.45) is 0.870. The highest BCUT2D eigenvalue weighted by Crippen LogP contribution is 2.36. The van der Waals surface area contributed by atoms with Crippen LogP contribution in [0.15, 0.2) is 36.4 Å². The number of ether oxygens (including phenoxy) is 3. The number of benzene rings is 2. The number of hydrogen-bond acceptors (Lipinski definition) is 6. The van der Waals surface area contributed by atoms with Gasteiger partial charge in [-0.1, -0.05) is 0 Å². The van der Waals surface area contributed by atoms with Crippen LogP contribution in [0.2, 0.25) is 0 Å². The average molecular weight is 479 g/mol. The van der Waals surface area contributed by atoms with Crippen LogP contribution in [-0.2, 0) is 4.79 Å². The van der Waals surface area contributed by atoms with E-state index >= 15 is 0 Å². The molecule has 3 heterocycles. The van der Waals surface area contributed by atoms with Gasteiger partial charge in [0.2, 0.25) is 5.91 Å². The number of aromatic amines is 1. The zero-order valence-electron chi connectivity index (χ0n) is 19.7.